The van der Waals surface area contributed by atoms with E-state index in [0.29, 0.717) is 27.9 Å². The van der Waals surface area contributed by atoms with Crippen LogP contribution in [-0.4, -0.2) is 33.9 Å². The number of likely N-dealkylation sites (tertiary alicyclic amines) is 1. The van der Waals surface area contributed by atoms with Crippen molar-refractivity contribution in [2.24, 2.45) is 0 Å². The van der Waals surface area contributed by atoms with Gasteiger partial charge in [0.25, 0.3) is 5.91 Å². The third kappa shape index (κ3) is 5.81. The summed E-state index contributed by atoms with van der Waals surface area (Å²) in [5.41, 5.74) is 4.40. The zero-order valence-corrected chi connectivity index (χ0v) is 21.5. The number of pyridine rings is 1. The van der Waals surface area contributed by atoms with Gasteiger partial charge in [-0.25, -0.2) is 9.37 Å². The fraction of sp³-hybridized carbons (Fsp3) is 0.250. The lowest BCUT2D eigenvalue weighted by molar-refractivity contribution is 0.102. The van der Waals surface area contributed by atoms with Crippen molar-refractivity contribution in [2.75, 3.05) is 18.4 Å². The van der Waals surface area contributed by atoms with E-state index in [1.807, 2.05) is 13.0 Å². The molecule has 2 aromatic heterocycles. The molecule has 184 valence electrons. The zero-order chi connectivity index (χ0) is 25.1. The summed E-state index contributed by atoms with van der Waals surface area (Å²) in [6, 6.07) is 17.5. The number of piperidine rings is 1. The van der Waals surface area contributed by atoms with Crippen molar-refractivity contribution in [3.63, 3.8) is 0 Å². The molecule has 0 unspecified atom stereocenters. The monoisotopic (exact) mass is 520 g/mol. The third-order valence-electron chi connectivity index (χ3n) is 6.41. The van der Waals surface area contributed by atoms with Crippen molar-refractivity contribution in [2.45, 2.75) is 32.2 Å². The molecule has 0 atom stereocenters. The molecule has 0 aliphatic carbocycles. The number of thiazole rings is 1. The highest BCUT2D eigenvalue weighted by Gasteiger charge is 2.24. The molecule has 1 N–H and O–H groups in total. The molecule has 1 aliphatic heterocycles. The van der Waals surface area contributed by atoms with Crippen molar-refractivity contribution in [3.05, 3.63) is 99.0 Å². The maximum absolute atomic E-state index is 14.0. The van der Waals surface area contributed by atoms with E-state index in [2.05, 4.69) is 32.3 Å². The van der Waals surface area contributed by atoms with Gasteiger partial charge in [0, 0.05) is 39.8 Å². The molecule has 1 amide bonds. The van der Waals surface area contributed by atoms with E-state index in [0.717, 1.165) is 54.4 Å². The van der Waals surface area contributed by atoms with Crippen molar-refractivity contribution >= 4 is 34.5 Å². The van der Waals surface area contributed by atoms with Crippen LogP contribution in [0.5, 0.6) is 0 Å². The minimum absolute atomic E-state index is 0.303. The van der Waals surface area contributed by atoms with Gasteiger partial charge in [0.15, 0.2) is 0 Å². The fourth-order valence-electron chi connectivity index (χ4n) is 4.51. The molecule has 5 nitrogen and oxygen atoms in total. The molecule has 5 rings (SSSR count). The van der Waals surface area contributed by atoms with Gasteiger partial charge in [0.2, 0.25) is 0 Å². The summed E-state index contributed by atoms with van der Waals surface area (Å²) in [7, 11) is 0. The van der Waals surface area contributed by atoms with Crippen LogP contribution in [0.4, 0.5) is 10.1 Å². The summed E-state index contributed by atoms with van der Waals surface area (Å²) < 4.78 is 14.0. The number of amides is 1. The number of rotatable bonds is 6. The van der Waals surface area contributed by atoms with Crippen LogP contribution in [0.2, 0.25) is 5.02 Å². The van der Waals surface area contributed by atoms with Crippen molar-refractivity contribution < 1.29 is 9.18 Å². The molecule has 0 radical (unpaired) electrons. The normalized spacial score (nSPS) is 14.6. The Hall–Kier alpha value is -3.13. The Labute approximate surface area is 219 Å². The van der Waals surface area contributed by atoms with E-state index in [4.69, 9.17) is 11.6 Å². The van der Waals surface area contributed by atoms with Crippen LogP contribution in [0.3, 0.4) is 0 Å². The lowest BCUT2D eigenvalue weighted by atomic mass is 9.97. The molecule has 0 spiro atoms. The number of nitrogens with one attached hydrogen (secondary N) is 1. The van der Waals surface area contributed by atoms with Crippen molar-refractivity contribution in [1.29, 1.82) is 0 Å². The van der Waals surface area contributed by atoms with Gasteiger partial charge in [-0.15, -0.1) is 11.3 Å². The van der Waals surface area contributed by atoms with Gasteiger partial charge in [-0.2, -0.15) is 0 Å². The maximum Gasteiger partial charge on any atom is 0.275 e. The van der Waals surface area contributed by atoms with E-state index in [1.54, 1.807) is 35.7 Å². The second kappa shape index (κ2) is 10.9. The van der Waals surface area contributed by atoms with Crippen molar-refractivity contribution in [1.82, 2.24) is 14.9 Å². The number of aryl methyl sites for hydroxylation is 1. The number of aromatic nitrogens is 2. The molecule has 3 heterocycles. The van der Waals surface area contributed by atoms with Crippen LogP contribution >= 0.6 is 22.9 Å². The molecule has 1 aliphatic rings. The Morgan fingerprint density at radius 3 is 2.64 bits per heavy atom. The molecule has 0 bridgehead atoms. The fourth-order valence-corrected chi connectivity index (χ4v) is 5.61. The second-order valence-electron chi connectivity index (χ2n) is 9.04. The van der Waals surface area contributed by atoms with Crippen molar-refractivity contribution in [3.8, 4) is 11.1 Å². The van der Waals surface area contributed by atoms with Gasteiger partial charge in [0.1, 0.15) is 11.5 Å². The van der Waals surface area contributed by atoms with Gasteiger partial charge in [-0.1, -0.05) is 29.8 Å². The molecule has 4 aromatic rings. The number of hydrogen-bond acceptors (Lipinski definition) is 5. The minimum Gasteiger partial charge on any atom is -0.320 e. The minimum atomic E-state index is -0.376. The predicted molar refractivity (Wildman–Crippen MR) is 143 cm³/mol. The highest BCUT2D eigenvalue weighted by molar-refractivity contribution is 7.10. The second-order valence-corrected chi connectivity index (χ2v) is 10.4. The van der Waals surface area contributed by atoms with Gasteiger partial charge in [-0.3, -0.25) is 14.7 Å². The number of benzene rings is 2. The molecular formula is C28H26ClFN4OS. The first-order chi connectivity index (χ1) is 17.4. The first-order valence-corrected chi connectivity index (χ1v) is 13.2. The zero-order valence-electron chi connectivity index (χ0n) is 19.9. The van der Waals surface area contributed by atoms with Crippen LogP contribution in [0.15, 0.2) is 66.0 Å². The summed E-state index contributed by atoms with van der Waals surface area (Å²) >= 11 is 7.52. The molecule has 1 saturated heterocycles. The number of carbonyl (C=O) groups excluding carboxylic acids is 1. The Morgan fingerprint density at radius 1 is 1.11 bits per heavy atom. The summed E-state index contributed by atoms with van der Waals surface area (Å²) in [6.45, 7) is 4.82. The summed E-state index contributed by atoms with van der Waals surface area (Å²) in [6.07, 6.45) is 2.00. The molecule has 2 aromatic carbocycles. The van der Waals surface area contributed by atoms with Gasteiger partial charge in [0.05, 0.1) is 10.7 Å². The van der Waals surface area contributed by atoms with Crippen LogP contribution in [-0.2, 0) is 6.54 Å². The smallest absolute Gasteiger partial charge is 0.275 e. The topological polar surface area (TPSA) is 58.1 Å². The summed E-state index contributed by atoms with van der Waals surface area (Å²) in [5.74, 6) is -0.339. The summed E-state index contributed by atoms with van der Waals surface area (Å²) in [5, 5.41) is 6.30. The van der Waals surface area contributed by atoms with E-state index >= 15 is 0 Å². The largest absolute Gasteiger partial charge is 0.320 e. The highest BCUT2D eigenvalue weighted by Crippen LogP contribution is 2.33. The van der Waals surface area contributed by atoms with Gasteiger partial charge < -0.3 is 5.32 Å². The predicted octanol–water partition coefficient (Wildman–Crippen LogP) is 6.94. The van der Waals surface area contributed by atoms with E-state index < -0.39 is 0 Å². The molecule has 1 fully saturated rings. The van der Waals surface area contributed by atoms with E-state index in [1.165, 1.54) is 23.5 Å². The number of nitrogens with zero attached hydrogens (tertiary/aromatic N) is 3. The molecule has 36 heavy (non-hydrogen) atoms. The first-order valence-electron chi connectivity index (χ1n) is 11.9. The highest BCUT2D eigenvalue weighted by atomic mass is 35.5. The Morgan fingerprint density at radius 2 is 1.89 bits per heavy atom. The maximum atomic E-state index is 14.0. The Bertz CT molecular complexity index is 1370. The van der Waals surface area contributed by atoms with Crippen LogP contribution < -0.4 is 5.32 Å². The Kier molecular flexibility index (Phi) is 7.41. The first kappa shape index (κ1) is 24.6. The third-order valence-corrected chi connectivity index (χ3v) is 7.67. The average molecular weight is 521 g/mol. The SMILES string of the molecule is Cc1cccc(CN2CCC(c3nc(C(=O)Nc4ccc(F)cc4-c4ccc(Cl)cc4)cs3)CC2)n1. The standard InChI is InChI=1S/C28H26ClFN4OS/c1-18-3-2-4-23(31-18)16-34-13-11-20(12-14-34)28-33-26(17-36-28)27(35)32-25-10-9-22(30)15-24(25)19-5-7-21(29)8-6-19/h2-10,15,17,20H,11-14,16H2,1H3,(H,32,35). The van der Waals surface area contributed by atoms with Gasteiger partial charge >= 0.3 is 0 Å². The molecular weight excluding hydrogens is 495 g/mol. The quantitative estimate of drug-likeness (QED) is 0.299. The number of anilines is 1. The van der Waals surface area contributed by atoms with E-state index in [-0.39, 0.29) is 11.7 Å². The number of carbonyl (C=O) groups is 1. The lowest BCUT2D eigenvalue weighted by Gasteiger charge is -2.30. The number of hydrogen-bond donors (Lipinski definition) is 1. The summed E-state index contributed by atoms with van der Waals surface area (Å²) in [4.78, 5) is 24.7. The van der Waals surface area contributed by atoms with Crippen LogP contribution in [0.25, 0.3) is 11.1 Å². The van der Waals surface area contributed by atoms with Crippen LogP contribution in [0.1, 0.15) is 45.6 Å². The van der Waals surface area contributed by atoms with Crippen LogP contribution in [0, 0.1) is 12.7 Å². The van der Waals surface area contributed by atoms with Gasteiger partial charge in [-0.05, 0) is 80.9 Å². The number of halogens is 2. The molecule has 8 heteroatoms. The Balaban J connectivity index is 1.23. The molecule has 0 saturated carbocycles. The average Bonchev–Trinajstić information content (AvgIpc) is 3.37. The lowest BCUT2D eigenvalue weighted by Crippen LogP contribution is -2.32. The van der Waals surface area contributed by atoms with E-state index in [9.17, 15) is 9.18 Å².